The van der Waals surface area contributed by atoms with E-state index in [0.717, 1.165) is 45.5 Å². The van der Waals surface area contributed by atoms with Crippen molar-refractivity contribution in [2.24, 2.45) is 0 Å². The van der Waals surface area contributed by atoms with Crippen LogP contribution in [0.4, 0.5) is 0 Å². The van der Waals surface area contributed by atoms with Crippen molar-refractivity contribution in [3.8, 4) is 17.1 Å². The normalized spacial score (nSPS) is 10.9. The second kappa shape index (κ2) is 9.00. The van der Waals surface area contributed by atoms with E-state index >= 15 is 0 Å². The molecule has 0 unspecified atom stereocenters. The van der Waals surface area contributed by atoms with Crippen LogP contribution in [0, 0.1) is 6.92 Å². The van der Waals surface area contributed by atoms with Gasteiger partial charge in [-0.2, -0.15) is 0 Å². The van der Waals surface area contributed by atoms with Crippen LogP contribution in [0.1, 0.15) is 27.2 Å². The Balaban J connectivity index is 1.67. The van der Waals surface area contributed by atoms with Gasteiger partial charge in [-0.05, 0) is 43.3 Å². The third-order valence-electron chi connectivity index (χ3n) is 4.68. The van der Waals surface area contributed by atoms with Crippen LogP contribution in [0.2, 0.25) is 0 Å². The van der Waals surface area contributed by atoms with Gasteiger partial charge < -0.3 is 9.15 Å². The molecule has 0 N–H and O–H groups in total. The lowest BCUT2D eigenvalue weighted by Crippen LogP contribution is -2.04. The van der Waals surface area contributed by atoms with Crippen molar-refractivity contribution < 1.29 is 13.9 Å². The Bertz CT molecular complexity index is 1150. The van der Waals surface area contributed by atoms with Gasteiger partial charge in [0.1, 0.15) is 17.8 Å². The van der Waals surface area contributed by atoms with Crippen molar-refractivity contribution in [3.63, 3.8) is 0 Å². The Hall–Kier alpha value is -3.32. The van der Waals surface area contributed by atoms with E-state index in [1.165, 1.54) is 0 Å². The first-order chi connectivity index (χ1) is 14.7. The Morgan fingerprint density at radius 1 is 1.13 bits per heavy atom. The van der Waals surface area contributed by atoms with Gasteiger partial charge in [0.15, 0.2) is 11.0 Å². The van der Waals surface area contributed by atoms with Crippen LogP contribution < -0.4 is 4.74 Å². The molecule has 0 saturated heterocycles. The van der Waals surface area contributed by atoms with E-state index in [1.807, 2.05) is 41.0 Å². The van der Waals surface area contributed by atoms with Gasteiger partial charge in [-0.15, -0.1) is 10.2 Å². The second-order valence-corrected chi connectivity index (χ2v) is 7.76. The molecule has 4 rings (SSSR count). The number of ether oxygens (including phenoxy) is 1. The van der Waals surface area contributed by atoms with Crippen molar-refractivity contribution in [1.82, 2.24) is 14.8 Å². The predicted molar refractivity (Wildman–Crippen MR) is 116 cm³/mol. The molecule has 4 aromatic rings. The molecule has 0 aliphatic heterocycles. The fourth-order valence-electron chi connectivity index (χ4n) is 3.22. The van der Waals surface area contributed by atoms with Gasteiger partial charge in [-0.3, -0.25) is 9.36 Å². The van der Waals surface area contributed by atoms with Gasteiger partial charge in [0.25, 0.3) is 0 Å². The number of thioether (sulfide) groups is 1. The van der Waals surface area contributed by atoms with Crippen LogP contribution in [0.25, 0.3) is 11.4 Å². The van der Waals surface area contributed by atoms with Gasteiger partial charge in [0.05, 0.1) is 19.9 Å². The van der Waals surface area contributed by atoms with Gasteiger partial charge in [0, 0.05) is 22.4 Å². The highest BCUT2D eigenvalue weighted by Gasteiger charge is 2.17. The summed E-state index contributed by atoms with van der Waals surface area (Å²) < 4.78 is 13.1. The smallest absolute Gasteiger partial charge is 0.192 e. The number of carbonyl (C=O) groups is 1. The molecule has 2 heterocycles. The van der Waals surface area contributed by atoms with Crippen molar-refractivity contribution in [2.45, 2.75) is 24.4 Å². The Morgan fingerprint density at radius 2 is 2.03 bits per heavy atom. The first-order valence-corrected chi connectivity index (χ1v) is 10.4. The van der Waals surface area contributed by atoms with Gasteiger partial charge >= 0.3 is 0 Å². The summed E-state index contributed by atoms with van der Waals surface area (Å²) in [5.41, 5.74) is 3.70. The number of furan rings is 1. The zero-order valence-corrected chi connectivity index (χ0v) is 17.6. The summed E-state index contributed by atoms with van der Waals surface area (Å²) in [4.78, 5) is 11.2. The number of benzene rings is 2. The number of hydrogen-bond donors (Lipinski definition) is 0. The van der Waals surface area contributed by atoms with E-state index in [0.29, 0.717) is 17.9 Å². The summed E-state index contributed by atoms with van der Waals surface area (Å²) in [6, 6.07) is 17.4. The first kappa shape index (κ1) is 20.0. The zero-order valence-electron chi connectivity index (χ0n) is 16.7. The maximum Gasteiger partial charge on any atom is 0.192 e. The van der Waals surface area contributed by atoms with Gasteiger partial charge in [0.2, 0.25) is 0 Å². The lowest BCUT2D eigenvalue weighted by atomic mass is 10.1. The fraction of sp³-hybridized carbons (Fsp3) is 0.174. The van der Waals surface area contributed by atoms with E-state index in [4.69, 9.17) is 9.15 Å². The molecule has 2 aromatic carbocycles. The molecule has 0 aliphatic carbocycles. The molecule has 2 aromatic heterocycles. The van der Waals surface area contributed by atoms with Crippen LogP contribution in [0.3, 0.4) is 0 Å². The van der Waals surface area contributed by atoms with Crippen molar-refractivity contribution >= 4 is 18.0 Å². The molecule has 30 heavy (non-hydrogen) atoms. The lowest BCUT2D eigenvalue weighted by molar-refractivity contribution is 0.112. The molecule has 0 aliphatic rings. The van der Waals surface area contributed by atoms with E-state index in [9.17, 15) is 4.79 Å². The highest BCUT2D eigenvalue weighted by atomic mass is 32.2. The predicted octanol–water partition coefficient (Wildman–Crippen LogP) is 5.01. The molecular weight excluding hydrogens is 398 g/mol. The summed E-state index contributed by atoms with van der Waals surface area (Å²) in [6.07, 6.45) is 2.50. The molecule has 0 bridgehead atoms. The topological polar surface area (TPSA) is 70.2 Å². The van der Waals surface area contributed by atoms with Crippen molar-refractivity contribution in [3.05, 3.63) is 83.3 Å². The van der Waals surface area contributed by atoms with Gasteiger partial charge in [-0.25, -0.2) is 0 Å². The lowest BCUT2D eigenvalue weighted by Gasteiger charge is -2.11. The minimum absolute atomic E-state index is 0.525. The number of carbonyl (C=O) groups excluding carboxylic acids is 1. The largest absolute Gasteiger partial charge is 0.496 e. The van der Waals surface area contributed by atoms with E-state index < -0.39 is 0 Å². The highest BCUT2D eigenvalue weighted by molar-refractivity contribution is 7.98. The number of aryl methyl sites for hydroxylation is 1. The van der Waals surface area contributed by atoms with Gasteiger partial charge in [-0.1, -0.05) is 35.5 Å². The van der Waals surface area contributed by atoms with E-state index in [-0.39, 0.29) is 0 Å². The molecule has 0 spiro atoms. The number of rotatable bonds is 8. The summed E-state index contributed by atoms with van der Waals surface area (Å²) in [5, 5.41) is 9.66. The van der Waals surface area contributed by atoms with Crippen molar-refractivity contribution in [2.75, 3.05) is 7.11 Å². The molecule has 0 fully saturated rings. The standard InChI is InChI=1S/C23H21N3O3S/c1-16-5-3-6-18(11-16)22-24-25-23(26(22)13-20-7-4-10-29-20)30-15-19-12-17(14-27)8-9-21(19)28-2/h3-12,14H,13,15H2,1-2H3. The average Bonchev–Trinajstić information content (AvgIpc) is 3.42. The maximum atomic E-state index is 11.2. The van der Waals surface area contributed by atoms with Crippen LogP contribution in [-0.4, -0.2) is 28.2 Å². The Kier molecular flexibility index (Phi) is 5.99. The first-order valence-electron chi connectivity index (χ1n) is 9.45. The molecule has 0 amide bonds. The third-order valence-corrected chi connectivity index (χ3v) is 5.70. The zero-order chi connectivity index (χ0) is 20.9. The Labute approximate surface area is 178 Å². The number of hydrogen-bond acceptors (Lipinski definition) is 6. The summed E-state index contributed by atoms with van der Waals surface area (Å²) in [5.74, 6) is 2.94. The maximum absolute atomic E-state index is 11.2. The van der Waals surface area contributed by atoms with Crippen molar-refractivity contribution in [1.29, 1.82) is 0 Å². The second-order valence-electron chi connectivity index (χ2n) is 6.82. The van der Waals surface area contributed by atoms with Crippen LogP contribution in [-0.2, 0) is 12.3 Å². The Morgan fingerprint density at radius 3 is 2.77 bits per heavy atom. The summed E-state index contributed by atoms with van der Waals surface area (Å²) >= 11 is 1.54. The number of nitrogens with zero attached hydrogens (tertiary/aromatic N) is 3. The molecule has 152 valence electrons. The molecule has 7 heteroatoms. The van der Waals surface area contributed by atoms with E-state index in [1.54, 1.807) is 31.2 Å². The minimum atomic E-state index is 0.525. The molecule has 0 radical (unpaired) electrons. The molecule has 6 nitrogen and oxygen atoms in total. The number of aldehydes is 1. The monoisotopic (exact) mass is 419 g/mol. The minimum Gasteiger partial charge on any atom is -0.496 e. The fourth-order valence-corrected chi connectivity index (χ4v) is 4.14. The van der Waals surface area contributed by atoms with Crippen LogP contribution in [0.5, 0.6) is 5.75 Å². The quantitative estimate of drug-likeness (QED) is 0.295. The summed E-state index contributed by atoms with van der Waals surface area (Å²) in [6.45, 7) is 2.58. The van der Waals surface area contributed by atoms with Crippen LogP contribution in [0.15, 0.2) is 70.4 Å². The van der Waals surface area contributed by atoms with Crippen LogP contribution >= 0.6 is 11.8 Å². The number of aromatic nitrogens is 3. The van der Waals surface area contributed by atoms with E-state index in [2.05, 4.69) is 29.3 Å². The average molecular weight is 420 g/mol. The highest BCUT2D eigenvalue weighted by Crippen LogP contribution is 2.31. The summed E-state index contributed by atoms with van der Waals surface area (Å²) in [7, 11) is 1.62. The molecular formula is C23H21N3O3S. The molecule has 0 saturated carbocycles. The SMILES string of the molecule is COc1ccc(C=O)cc1CSc1nnc(-c2cccc(C)c2)n1Cc1ccco1. The third kappa shape index (κ3) is 4.31. The number of methoxy groups -OCH3 is 1. The molecule has 0 atom stereocenters.